The van der Waals surface area contributed by atoms with Crippen molar-refractivity contribution in [3.63, 3.8) is 0 Å². The van der Waals surface area contributed by atoms with Crippen LogP contribution in [0.5, 0.6) is 0 Å². The highest BCUT2D eigenvalue weighted by Crippen LogP contribution is 2.31. The van der Waals surface area contributed by atoms with E-state index in [1.54, 1.807) is 23.1 Å². The van der Waals surface area contributed by atoms with Crippen molar-refractivity contribution in [1.82, 2.24) is 15.2 Å². The number of amides is 1. The Morgan fingerprint density at radius 1 is 1.07 bits per heavy atom. The van der Waals surface area contributed by atoms with Crippen LogP contribution in [0, 0.1) is 6.92 Å². The zero-order valence-electron chi connectivity index (χ0n) is 15.1. The molecule has 142 valence electrons. The molecule has 0 aliphatic carbocycles. The molecule has 0 spiro atoms. The predicted molar refractivity (Wildman–Crippen MR) is 121 cm³/mol. The number of nitrogens with zero attached hydrogens (tertiary/aromatic N) is 3. The Kier molecular flexibility index (Phi) is 5.96. The van der Waals surface area contributed by atoms with Gasteiger partial charge in [-0.2, -0.15) is 0 Å². The predicted octanol–water partition coefficient (Wildman–Crippen LogP) is 5.58. The Morgan fingerprint density at radius 3 is 2.61 bits per heavy atom. The lowest BCUT2D eigenvalue weighted by Gasteiger charge is -2.05. The minimum atomic E-state index is -0.0610. The van der Waals surface area contributed by atoms with Crippen LogP contribution in [0.15, 0.2) is 51.1 Å². The summed E-state index contributed by atoms with van der Waals surface area (Å²) >= 11 is 6.13. The van der Waals surface area contributed by atoms with Crippen molar-refractivity contribution >= 4 is 68.0 Å². The number of aryl methyl sites for hydroxylation is 1. The van der Waals surface area contributed by atoms with Gasteiger partial charge in [0.25, 0.3) is 0 Å². The molecule has 2 heterocycles. The maximum absolute atomic E-state index is 12.2. The van der Waals surface area contributed by atoms with Crippen molar-refractivity contribution in [2.75, 3.05) is 17.3 Å². The molecule has 5 nitrogen and oxygen atoms in total. The third-order valence-electron chi connectivity index (χ3n) is 3.85. The van der Waals surface area contributed by atoms with Gasteiger partial charge in [0.05, 0.1) is 16.0 Å². The Labute approximate surface area is 179 Å². The molecule has 0 saturated heterocycles. The van der Waals surface area contributed by atoms with Gasteiger partial charge in [-0.05, 0) is 55.1 Å². The zero-order valence-corrected chi connectivity index (χ0v) is 18.4. The van der Waals surface area contributed by atoms with Gasteiger partial charge in [-0.25, -0.2) is 4.98 Å². The van der Waals surface area contributed by atoms with Gasteiger partial charge < -0.3 is 5.32 Å². The number of carbonyl (C=O) groups excluding carboxylic acids is 1. The molecule has 0 bridgehead atoms. The van der Waals surface area contributed by atoms with Gasteiger partial charge in [-0.3, -0.25) is 4.79 Å². The largest absolute Gasteiger partial charge is 0.325 e. The molecule has 4 rings (SSSR count). The summed E-state index contributed by atoms with van der Waals surface area (Å²) in [6, 6.07) is 14.1. The zero-order chi connectivity index (χ0) is 19.5. The lowest BCUT2D eigenvalue weighted by Crippen LogP contribution is -2.13. The van der Waals surface area contributed by atoms with Crippen molar-refractivity contribution in [3.8, 4) is 10.6 Å². The van der Waals surface area contributed by atoms with Crippen LogP contribution >= 0.6 is 46.2 Å². The Hall–Kier alpha value is -1.94. The maximum atomic E-state index is 12.2. The van der Waals surface area contributed by atoms with E-state index in [1.165, 1.54) is 33.4 Å². The standard InChI is InChI=1S/C19H16N4OS4/c1-11-3-8-14-15(9-11)27-17(21-14)12-4-6-13(7-5-12)20-16(24)10-26-19-23-22-18(25-2)28-19/h3-9H,10H2,1-2H3,(H,20,24). The van der Waals surface area contributed by atoms with Gasteiger partial charge in [0.2, 0.25) is 5.91 Å². The molecule has 0 fully saturated rings. The van der Waals surface area contributed by atoms with Crippen LogP contribution in [-0.2, 0) is 4.79 Å². The van der Waals surface area contributed by atoms with E-state index in [2.05, 4.69) is 40.6 Å². The SMILES string of the molecule is CSc1nnc(SCC(=O)Nc2ccc(-c3nc4ccc(C)cc4s3)cc2)s1. The van der Waals surface area contributed by atoms with E-state index < -0.39 is 0 Å². The van der Waals surface area contributed by atoms with Crippen LogP contribution in [0.4, 0.5) is 5.69 Å². The molecular weight excluding hydrogens is 429 g/mol. The molecule has 0 saturated carbocycles. The van der Waals surface area contributed by atoms with E-state index in [-0.39, 0.29) is 5.91 Å². The van der Waals surface area contributed by atoms with Crippen LogP contribution < -0.4 is 5.32 Å². The van der Waals surface area contributed by atoms with Crippen molar-refractivity contribution < 1.29 is 4.79 Å². The van der Waals surface area contributed by atoms with Gasteiger partial charge in [0.15, 0.2) is 8.68 Å². The number of thiazole rings is 1. The molecule has 9 heteroatoms. The summed E-state index contributed by atoms with van der Waals surface area (Å²) in [7, 11) is 0. The van der Waals surface area contributed by atoms with E-state index in [0.29, 0.717) is 5.75 Å². The first kappa shape index (κ1) is 19.4. The summed E-state index contributed by atoms with van der Waals surface area (Å²) < 4.78 is 2.90. The first-order valence-electron chi connectivity index (χ1n) is 8.38. The molecule has 1 amide bonds. The maximum Gasteiger partial charge on any atom is 0.234 e. The van der Waals surface area contributed by atoms with Crippen molar-refractivity contribution in [3.05, 3.63) is 48.0 Å². The highest BCUT2D eigenvalue weighted by Gasteiger charge is 2.10. The molecule has 0 radical (unpaired) electrons. The number of hydrogen-bond donors (Lipinski definition) is 1. The Balaban J connectivity index is 1.38. The number of fused-ring (bicyclic) bond motifs is 1. The molecule has 2 aromatic heterocycles. The Bertz CT molecular complexity index is 1120. The lowest BCUT2D eigenvalue weighted by atomic mass is 10.2. The summed E-state index contributed by atoms with van der Waals surface area (Å²) in [6.45, 7) is 2.08. The van der Waals surface area contributed by atoms with Crippen LogP contribution in [-0.4, -0.2) is 33.1 Å². The van der Waals surface area contributed by atoms with Gasteiger partial charge in [0.1, 0.15) is 5.01 Å². The number of aromatic nitrogens is 3. The van der Waals surface area contributed by atoms with E-state index in [9.17, 15) is 4.79 Å². The minimum absolute atomic E-state index is 0.0610. The molecule has 4 aromatic rings. The average Bonchev–Trinajstić information content (AvgIpc) is 3.33. The van der Waals surface area contributed by atoms with Crippen LogP contribution in [0.25, 0.3) is 20.8 Å². The van der Waals surface area contributed by atoms with Crippen LogP contribution in [0.1, 0.15) is 5.56 Å². The fraction of sp³-hybridized carbons (Fsp3) is 0.158. The topological polar surface area (TPSA) is 67.8 Å². The number of rotatable bonds is 6. The molecule has 2 aromatic carbocycles. The summed E-state index contributed by atoms with van der Waals surface area (Å²) in [6.07, 6.45) is 1.96. The molecule has 0 unspecified atom stereocenters. The number of benzene rings is 2. The van der Waals surface area contributed by atoms with Crippen molar-refractivity contribution in [2.24, 2.45) is 0 Å². The number of nitrogens with one attached hydrogen (secondary N) is 1. The quantitative estimate of drug-likeness (QED) is 0.392. The smallest absolute Gasteiger partial charge is 0.234 e. The van der Waals surface area contributed by atoms with E-state index >= 15 is 0 Å². The molecule has 0 atom stereocenters. The number of anilines is 1. The first-order valence-corrected chi connectivity index (χ1v) is 12.2. The van der Waals surface area contributed by atoms with Gasteiger partial charge in [-0.15, -0.1) is 21.5 Å². The fourth-order valence-corrected chi connectivity index (χ4v) is 5.82. The average molecular weight is 445 g/mol. The summed E-state index contributed by atoms with van der Waals surface area (Å²) in [5, 5.41) is 12.0. The van der Waals surface area contributed by atoms with E-state index in [0.717, 1.165) is 30.5 Å². The van der Waals surface area contributed by atoms with E-state index in [4.69, 9.17) is 4.98 Å². The normalized spacial score (nSPS) is 11.1. The molecule has 0 aliphatic heterocycles. The third kappa shape index (κ3) is 4.54. The number of carbonyl (C=O) groups is 1. The summed E-state index contributed by atoms with van der Waals surface area (Å²) in [5.74, 6) is 0.247. The monoisotopic (exact) mass is 444 g/mol. The molecule has 28 heavy (non-hydrogen) atoms. The first-order chi connectivity index (χ1) is 13.6. The Morgan fingerprint density at radius 2 is 1.86 bits per heavy atom. The van der Waals surface area contributed by atoms with Crippen LogP contribution in [0.3, 0.4) is 0 Å². The minimum Gasteiger partial charge on any atom is -0.325 e. The molecule has 1 N–H and O–H groups in total. The van der Waals surface area contributed by atoms with Gasteiger partial charge >= 0.3 is 0 Å². The second-order valence-corrected chi connectivity index (χ2v) is 10.2. The lowest BCUT2D eigenvalue weighted by molar-refractivity contribution is -0.113. The second kappa shape index (κ2) is 8.60. The van der Waals surface area contributed by atoms with E-state index in [1.807, 2.05) is 30.5 Å². The number of thioether (sulfide) groups is 2. The third-order valence-corrected chi connectivity index (χ3v) is 7.95. The summed E-state index contributed by atoms with van der Waals surface area (Å²) in [5.41, 5.74) is 4.07. The van der Waals surface area contributed by atoms with Gasteiger partial charge in [0, 0.05) is 11.3 Å². The van der Waals surface area contributed by atoms with Crippen molar-refractivity contribution in [2.45, 2.75) is 15.6 Å². The second-order valence-electron chi connectivity index (χ2n) is 5.94. The fourth-order valence-electron chi connectivity index (χ4n) is 2.51. The van der Waals surface area contributed by atoms with Gasteiger partial charge in [-0.1, -0.05) is 40.9 Å². The van der Waals surface area contributed by atoms with Crippen molar-refractivity contribution in [1.29, 1.82) is 0 Å². The highest BCUT2D eigenvalue weighted by atomic mass is 32.2. The molecular formula is C19H16N4OS4. The van der Waals surface area contributed by atoms with Crippen LogP contribution in [0.2, 0.25) is 0 Å². The highest BCUT2D eigenvalue weighted by molar-refractivity contribution is 8.03. The number of hydrogen-bond acceptors (Lipinski definition) is 8. The summed E-state index contributed by atoms with van der Waals surface area (Å²) in [4.78, 5) is 16.9. The molecule has 0 aliphatic rings.